The van der Waals surface area contributed by atoms with Crippen molar-refractivity contribution in [3.05, 3.63) is 78.4 Å². The molecule has 0 atom stereocenters. The third-order valence-electron chi connectivity index (χ3n) is 4.28. The highest BCUT2D eigenvalue weighted by Crippen LogP contribution is 2.33. The highest BCUT2D eigenvalue weighted by atomic mass is 19.1. The van der Waals surface area contributed by atoms with E-state index < -0.39 is 5.82 Å². The number of nitriles is 1. The maximum absolute atomic E-state index is 14.0. The molecule has 4 rings (SSSR count). The van der Waals surface area contributed by atoms with E-state index in [2.05, 4.69) is 11.1 Å². The molecule has 4 nitrogen and oxygen atoms in total. The van der Waals surface area contributed by atoms with Crippen LogP contribution < -0.4 is 4.74 Å². The van der Waals surface area contributed by atoms with Gasteiger partial charge in [-0.2, -0.15) is 5.26 Å². The van der Waals surface area contributed by atoms with Crippen LogP contribution in [0.4, 0.5) is 4.39 Å². The maximum Gasteiger partial charge on any atom is 0.165 e. The van der Waals surface area contributed by atoms with Crippen molar-refractivity contribution < 1.29 is 9.13 Å². The molecule has 0 saturated heterocycles. The van der Waals surface area contributed by atoms with Gasteiger partial charge in [-0.1, -0.05) is 24.3 Å². The molecule has 0 aliphatic carbocycles. The van der Waals surface area contributed by atoms with Crippen LogP contribution in [0.1, 0.15) is 5.56 Å². The van der Waals surface area contributed by atoms with Crippen LogP contribution in [0.2, 0.25) is 0 Å². The lowest BCUT2D eigenvalue weighted by Gasteiger charge is -2.11. The van der Waals surface area contributed by atoms with Crippen LogP contribution >= 0.6 is 0 Å². The van der Waals surface area contributed by atoms with Crippen molar-refractivity contribution in [3.8, 4) is 28.6 Å². The Bertz CT molecular complexity index is 1160. The minimum atomic E-state index is -0.396. The quantitative estimate of drug-likeness (QED) is 0.541. The van der Waals surface area contributed by atoms with E-state index in [4.69, 9.17) is 10.00 Å². The minimum absolute atomic E-state index is 0.221. The van der Waals surface area contributed by atoms with Crippen LogP contribution in [-0.2, 0) is 0 Å². The number of rotatable bonds is 3. The molecule has 26 heavy (non-hydrogen) atoms. The second-order valence-electron chi connectivity index (χ2n) is 5.80. The molecule has 126 valence electrons. The predicted molar refractivity (Wildman–Crippen MR) is 97.7 cm³/mol. The summed E-state index contributed by atoms with van der Waals surface area (Å²) >= 11 is 0. The fourth-order valence-electron chi connectivity index (χ4n) is 3.05. The molecule has 0 aliphatic rings. The summed E-state index contributed by atoms with van der Waals surface area (Å²) in [7, 11) is 1.46. The van der Waals surface area contributed by atoms with Gasteiger partial charge in [0.15, 0.2) is 11.6 Å². The van der Waals surface area contributed by atoms with Gasteiger partial charge in [-0.25, -0.2) is 9.37 Å². The number of imidazole rings is 1. The Labute approximate surface area is 149 Å². The van der Waals surface area contributed by atoms with Crippen LogP contribution in [-0.4, -0.2) is 16.7 Å². The second-order valence-corrected chi connectivity index (χ2v) is 5.80. The number of methoxy groups -OCH3 is 1. The van der Waals surface area contributed by atoms with Crippen molar-refractivity contribution in [2.24, 2.45) is 0 Å². The van der Waals surface area contributed by atoms with Gasteiger partial charge in [-0.05, 0) is 42.0 Å². The zero-order valence-corrected chi connectivity index (χ0v) is 14.0. The van der Waals surface area contributed by atoms with Gasteiger partial charge in [0.2, 0.25) is 0 Å². The van der Waals surface area contributed by atoms with Crippen LogP contribution in [0, 0.1) is 17.1 Å². The van der Waals surface area contributed by atoms with Gasteiger partial charge >= 0.3 is 0 Å². The standard InChI is InChI=1S/C21H14FN3O/c1-26-21-17(6-3-7-18(21)22)15-4-2-5-16(11-15)25-13-24-19-10-14(12-23)8-9-20(19)25/h2-11,13H,1H3. The van der Waals surface area contributed by atoms with E-state index >= 15 is 0 Å². The molecular formula is C21H14FN3O. The number of fused-ring (bicyclic) bond motifs is 1. The summed E-state index contributed by atoms with van der Waals surface area (Å²) in [4.78, 5) is 4.38. The van der Waals surface area contributed by atoms with Gasteiger partial charge in [-0.3, -0.25) is 4.57 Å². The molecule has 0 aliphatic heterocycles. The molecule has 0 bridgehead atoms. The first-order valence-electron chi connectivity index (χ1n) is 8.02. The van der Waals surface area contributed by atoms with Crippen molar-refractivity contribution in [1.82, 2.24) is 9.55 Å². The van der Waals surface area contributed by atoms with Gasteiger partial charge in [0.05, 0.1) is 29.8 Å². The zero-order valence-electron chi connectivity index (χ0n) is 14.0. The second kappa shape index (κ2) is 6.34. The Morgan fingerprint density at radius 2 is 1.92 bits per heavy atom. The van der Waals surface area contributed by atoms with Gasteiger partial charge in [-0.15, -0.1) is 0 Å². The first-order valence-corrected chi connectivity index (χ1v) is 8.02. The Kier molecular flexibility index (Phi) is 3.86. The van der Waals surface area contributed by atoms with Crippen molar-refractivity contribution in [3.63, 3.8) is 0 Å². The molecule has 0 saturated carbocycles. The van der Waals surface area contributed by atoms with Crippen molar-refractivity contribution in [1.29, 1.82) is 5.26 Å². The molecule has 0 N–H and O–H groups in total. The van der Waals surface area contributed by atoms with Gasteiger partial charge < -0.3 is 4.74 Å². The summed E-state index contributed by atoms with van der Waals surface area (Å²) in [6.45, 7) is 0. The molecule has 0 unspecified atom stereocenters. The van der Waals surface area contributed by atoms with E-state index in [-0.39, 0.29) is 5.75 Å². The molecule has 3 aromatic carbocycles. The molecule has 1 heterocycles. The number of halogens is 1. The molecule has 0 radical (unpaired) electrons. The van der Waals surface area contributed by atoms with Gasteiger partial charge in [0, 0.05) is 11.3 Å². The number of nitrogens with zero attached hydrogens (tertiary/aromatic N) is 3. The first-order chi connectivity index (χ1) is 12.7. The fourth-order valence-corrected chi connectivity index (χ4v) is 3.05. The third kappa shape index (κ3) is 2.58. The predicted octanol–water partition coefficient (Wildman–Crippen LogP) is 4.71. The monoisotopic (exact) mass is 343 g/mol. The summed E-state index contributed by atoms with van der Waals surface area (Å²) in [6, 6.07) is 20.1. The number of para-hydroxylation sites is 1. The third-order valence-corrected chi connectivity index (χ3v) is 4.28. The van der Waals surface area contributed by atoms with E-state index in [1.54, 1.807) is 24.5 Å². The largest absolute Gasteiger partial charge is 0.493 e. The highest BCUT2D eigenvalue weighted by molar-refractivity contribution is 5.80. The molecule has 1 aromatic heterocycles. The van der Waals surface area contributed by atoms with Crippen LogP contribution in [0.5, 0.6) is 5.75 Å². The smallest absolute Gasteiger partial charge is 0.165 e. The van der Waals surface area contributed by atoms with Gasteiger partial charge in [0.25, 0.3) is 0 Å². The Hall–Kier alpha value is -3.65. The number of hydrogen-bond acceptors (Lipinski definition) is 3. The summed E-state index contributed by atoms with van der Waals surface area (Å²) in [5.41, 5.74) is 4.63. The summed E-state index contributed by atoms with van der Waals surface area (Å²) in [5, 5.41) is 9.03. The van der Waals surface area contributed by atoms with E-state index in [0.717, 1.165) is 22.3 Å². The highest BCUT2D eigenvalue weighted by Gasteiger charge is 2.12. The van der Waals surface area contributed by atoms with E-state index in [9.17, 15) is 4.39 Å². The van der Waals surface area contributed by atoms with Crippen LogP contribution in [0.3, 0.4) is 0 Å². The lowest BCUT2D eigenvalue weighted by Crippen LogP contribution is -1.95. The van der Waals surface area contributed by atoms with Crippen molar-refractivity contribution in [2.75, 3.05) is 7.11 Å². The first kappa shape index (κ1) is 15.9. The Balaban J connectivity index is 1.85. The van der Waals surface area contributed by atoms with E-state index in [0.29, 0.717) is 11.1 Å². The van der Waals surface area contributed by atoms with Crippen LogP contribution in [0.25, 0.3) is 27.8 Å². The zero-order chi connectivity index (χ0) is 18.1. The molecule has 0 amide bonds. The number of hydrogen-bond donors (Lipinski definition) is 0. The summed E-state index contributed by atoms with van der Waals surface area (Å²) < 4.78 is 21.2. The van der Waals surface area contributed by atoms with Crippen molar-refractivity contribution >= 4 is 11.0 Å². The fraction of sp³-hybridized carbons (Fsp3) is 0.0476. The SMILES string of the molecule is COc1c(F)cccc1-c1cccc(-n2cnc3cc(C#N)ccc32)c1. The van der Waals surface area contributed by atoms with Gasteiger partial charge in [0.1, 0.15) is 6.33 Å². The lowest BCUT2D eigenvalue weighted by atomic mass is 10.0. The van der Waals surface area contributed by atoms with E-state index in [1.807, 2.05) is 41.0 Å². The average Bonchev–Trinajstić information content (AvgIpc) is 3.11. The molecule has 5 heteroatoms. The maximum atomic E-state index is 14.0. The molecule has 0 spiro atoms. The molecule has 0 fully saturated rings. The minimum Gasteiger partial charge on any atom is -0.493 e. The topological polar surface area (TPSA) is 50.8 Å². The average molecular weight is 343 g/mol. The van der Waals surface area contributed by atoms with Crippen LogP contribution in [0.15, 0.2) is 67.0 Å². The summed E-state index contributed by atoms with van der Waals surface area (Å²) in [6.07, 6.45) is 1.72. The Morgan fingerprint density at radius 3 is 2.73 bits per heavy atom. The Morgan fingerprint density at radius 1 is 1.08 bits per heavy atom. The van der Waals surface area contributed by atoms with E-state index in [1.165, 1.54) is 13.2 Å². The number of aromatic nitrogens is 2. The normalized spacial score (nSPS) is 10.7. The summed E-state index contributed by atoms with van der Waals surface area (Å²) in [5.74, 6) is -0.175. The molecular weight excluding hydrogens is 329 g/mol. The van der Waals surface area contributed by atoms with Crippen molar-refractivity contribution in [2.45, 2.75) is 0 Å². The number of ether oxygens (including phenoxy) is 1. The lowest BCUT2D eigenvalue weighted by molar-refractivity contribution is 0.388. The number of benzene rings is 3. The molecule has 4 aromatic rings.